The Morgan fingerprint density at radius 3 is 2.50 bits per heavy atom. The van der Waals surface area contributed by atoms with Gasteiger partial charge in [-0.15, -0.1) is 0 Å². The van der Waals surface area contributed by atoms with Gasteiger partial charge in [0.1, 0.15) is 0 Å². The van der Waals surface area contributed by atoms with E-state index >= 15 is 0 Å². The molecule has 0 aromatic heterocycles. The van der Waals surface area contributed by atoms with Crippen LogP contribution in [0.15, 0.2) is 42.5 Å². The summed E-state index contributed by atoms with van der Waals surface area (Å²) in [5.74, 6) is 0.693. The lowest BCUT2D eigenvalue weighted by Gasteiger charge is -2.25. The smallest absolute Gasteiger partial charge is 0.160 e. The number of phenols is 1. The maximum Gasteiger partial charge on any atom is 0.160 e. The summed E-state index contributed by atoms with van der Waals surface area (Å²) in [6, 6.07) is 13.9. The second-order valence-corrected chi connectivity index (χ2v) is 4.81. The summed E-state index contributed by atoms with van der Waals surface area (Å²) in [6.45, 7) is 5.93. The van der Waals surface area contributed by atoms with Gasteiger partial charge in [-0.3, -0.25) is 0 Å². The predicted octanol–water partition coefficient (Wildman–Crippen LogP) is 3.74. The highest BCUT2D eigenvalue weighted by Crippen LogP contribution is 2.28. The maximum atomic E-state index is 9.86. The van der Waals surface area contributed by atoms with Crippen molar-refractivity contribution in [3.05, 3.63) is 53.6 Å². The molecule has 20 heavy (non-hydrogen) atoms. The molecule has 0 radical (unpaired) electrons. The second kappa shape index (κ2) is 6.33. The minimum atomic E-state index is 0.186. The number of benzene rings is 2. The number of hydrogen-bond acceptors (Lipinski definition) is 3. The number of hydrogen-bond donors (Lipinski definition) is 1. The van der Waals surface area contributed by atoms with Crippen molar-refractivity contribution >= 4 is 5.69 Å². The van der Waals surface area contributed by atoms with Crippen molar-refractivity contribution in [2.24, 2.45) is 0 Å². The van der Waals surface area contributed by atoms with E-state index in [4.69, 9.17) is 4.74 Å². The summed E-state index contributed by atoms with van der Waals surface area (Å²) >= 11 is 0. The van der Waals surface area contributed by atoms with Gasteiger partial charge in [-0.1, -0.05) is 24.3 Å². The van der Waals surface area contributed by atoms with Crippen molar-refractivity contribution in [3.8, 4) is 11.5 Å². The zero-order chi connectivity index (χ0) is 14.5. The normalized spacial score (nSPS) is 10.3. The Hall–Kier alpha value is -2.16. The van der Waals surface area contributed by atoms with Gasteiger partial charge in [0.25, 0.3) is 0 Å². The van der Waals surface area contributed by atoms with Crippen molar-refractivity contribution in [3.63, 3.8) is 0 Å². The molecule has 0 saturated carbocycles. The monoisotopic (exact) mass is 271 g/mol. The highest BCUT2D eigenvalue weighted by molar-refractivity contribution is 5.53. The lowest BCUT2D eigenvalue weighted by Crippen LogP contribution is -2.22. The molecule has 3 heteroatoms. The van der Waals surface area contributed by atoms with Gasteiger partial charge in [-0.2, -0.15) is 0 Å². The molecule has 0 fully saturated rings. The number of rotatable bonds is 5. The molecule has 2 aromatic carbocycles. The van der Waals surface area contributed by atoms with Crippen molar-refractivity contribution in [2.75, 3.05) is 18.6 Å². The molecule has 2 aromatic rings. The number of methoxy groups -OCH3 is 1. The number of nitrogens with zero attached hydrogens (tertiary/aromatic N) is 1. The van der Waals surface area contributed by atoms with Gasteiger partial charge in [0, 0.05) is 18.8 Å². The van der Waals surface area contributed by atoms with E-state index in [-0.39, 0.29) is 5.75 Å². The molecule has 0 spiro atoms. The first-order valence-corrected chi connectivity index (χ1v) is 6.82. The molecule has 0 saturated heterocycles. The van der Waals surface area contributed by atoms with Crippen LogP contribution in [0.1, 0.15) is 18.1 Å². The van der Waals surface area contributed by atoms with Gasteiger partial charge in [0.05, 0.1) is 7.11 Å². The van der Waals surface area contributed by atoms with Crippen LogP contribution in [0.4, 0.5) is 5.69 Å². The second-order valence-electron chi connectivity index (χ2n) is 4.81. The average Bonchev–Trinajstić information content (AvgIpc) is 2.46. The zero-order valence-electron chi connectivity index (χ0n) is 12.3. The topological polar surface area (TPSA) is 32.7 Å². The van der Waals surface area contributed by atoms with E-state index in [1.54, 1.807) is 19.2 Å². The van der Waals surface area contributed by atoms with Crippen LogP contribution >= 0.6 is 0 Å². The summed E-state index contributed by atoms with van der Waals surface area (Å²) in [4.78, 5) is 2.29. The Morgan fingerprint density at radius 1 is 1.15 bits per heavy atom. The van der Waals surface area contributed by atoms with Crippen molar-refractivity contribution in [1.29, 1.82) is 0 Å². The number of phenolic OH excluding ortho intramolecular Hbond substituents is 1. The highest BCUT2D eigenvalue weighted by atomic mass is 16.5. The Bertz CT molecular complexity index is 581. The maximum absolute atomic E-state index is 9.86. The van der Waals surface area contributed by atoms with Crippen molar-refractivity contribution in [1.82, 2.24) is 0 Å². The third-order valence-electron chi connectivity index (χ3n) is 3.45. The molecule has 0 aliphatic carbocycles. The van der Waals surface area contributed by atoms with Gasteiger partial charge in [0.15, 0.2) is 11.5 Å². The highest BCUT2D eigenvalue weighted by Gasteiger charge is 2.09. The van der Waals surface area contributed by atoms with Crippen LogP contribution in [0.2, 0.25) is 0 Å². The molecular weight excluding hydrogens is 250 g/mol. The van der Waals surface area contributed by atoms with E-state index in [0.29, 0.717) is 5.75 Å². The first-order valence-electron chi connectivity index (χ1n) is 6.82. The van der Waals surface area contributed by atoms with Crippen LogP contribution in [0.3, 0.4) is 0 Å². The van der Waals surface area contributed by atoms with Crippen molar-refractivity contribution in [2.45, 2.75) is 20.4 Å². The summed E-state index contributed by atoms with van der Waals surface area (Å²) in [6.07, 6.45) is 0. The van der Waals surface area contributed by atoms with Crippen LogP contribution in [-0.4, -0.2) is 18.8 Å². The molecule has 2 rings (SSSR count). The van der Waals surface area contributed by atoms with Crippen LogP contribution < -0.4 is 9.64 Å². The number of ether oxygens (including phenoxy) is 1. The summed E-state index contributed by atoms with van der Waals surface area (Å²) in [5.41, 5.74) is 3.55. The van der Waals surface area contributed by atoms with E-state index in [2.05, 4.69) is 36.9 Å². The Balaban J connectivity index is 2.23. The molecule has 1 N–H and O–H groups in total. The Kier molecular flexibility index (Phi) is 4.51. The predicted molar refractivity (Wildman–Crippen MR) is 82.6 cm³/mol. The lowest BCUT2D eigenvalue weighted by molar-refractivity contribution is 0.373. The molecule has 0 heterocycles. The van der Waals surface area contributed by atoms with Gasteiger partial charge < -0.3 is 14.7 Å². The summed E-state index contributed by atoms with van der Waals surface area (Å²) < 4.78 is 5.07. The summed E-state index contributed by atoms with van der Waals surface area (Å²) in [5, 5.41) is 9.86. The third kappa shape index (κ3) is 3.05. The Morgan fingerprint density at radius 2 is 1.90 bits per heavy atom. The third-order valence-corrected chi connectivity index (χ3v) is 3.45. The van der Waals surface area contributed by atoms with Gasteiger partial charge in [0.2, 0.25) is 0 Å². The number of aryl methyl sites for hydroxylation is 1. The average molecular weight is 271 g/mol. The van der Waals surface area contributed by atoms with Crippen LogP contribution in [-0.2, 0) is 6.54 Å². The van der Waals surface area contributed by atoms with Crippen LogP contribution in [0.25, 0.3) is 0 Å². The minimum absolute atomic E-state index is 0.186. The van der Waals surface area contributed by atoms with Crippen molar-refractivity contribution < 1.29 is 9.84 Å². The number of anilines is 1. The fraction of sp³-hybridized carbons (Fsp3) is 0.294. The number of aromatic hydroxyl groups is 1. The first-order chi connectivity index (χ1) is 9.65. The minimum Gasteiger partial charge on any atom is -0.504 e. The van der Waals surface area contributed by atoms with E-state index in [1.807, 2.05) is 12.1 Å². The Labute approximate surface area is 120 Å². The molecule has 0 amide bonds. The quantitative estimate of drug-likeness (QED) is 0.899. The van der Waals surface area contributed by atoms with Gasteiger partial charge in [-0.05, 0) is 43.2 Å². The van der Waals surface area contributed by atoms with Crippen LogP contribution in [0, 0.1) is 6.92 Å². The van der Waals surface area contributed by atoms with E-state index < -0.39 is 0 Å². The molecular formula is C17H21NO2. The number of para-hydroxylation sites is 1. The molecule has 0 bridgehead atoms. The first kappa shape index (κ1) is 14.3. The molecule has 0 atom stereocenters. The largest absolute Gasteiger partial charge is 0.504 e. The van der Waals surface area contributed by atoms with E-state index in [1.165, 1.54) is 11.3 Å². The molecule has 3 nitrogen and oxygen atoms in total. The summed E-state index contributed by atoms with van der Waals surface area (Å²) in [7, 11) is 1.56. The standard InChI is InChI=1S/C17H21NO2/c1-4-18(15-8-6-5-7-13(15)2)12-14-9-10-17(20-3)16(19)11-14/h5-11,19H,4,12H2,1-3H3. The van der Waals surface area contributed by atoms with Gasteiger partial charge >= 0.3 is 0 Å². The fourth-order valence-corrected chi connectivity index (χ4v) is 2.34. The lowest BCUT2D eigenvalue weighted by atomic mass is 10.1. The molecule has 0 aliphatic heterocycles. The van der Waals surface area contributed by atoms with Crippen LogP contribution in [0.5, 0.6) is 11.5 Å². The van der Waals surface area contributed by atoms with E-state index in [9.17, 15) is 5.11 Å². The van der Waals surface area contributed by atoms with E-state index in [0.717, 1.165) is 18.7 Å². The SMILES string of the molecule is CCN(Cc1ccc(OC)c(O)c1)c1ccccc1C. The van der Waals surface area contributed by atoms with Gasteiger partial charge in [-0.25, -0.2) is 0 Å². The molecule has 0 unspecified atom stereocenters. The molecule has 0 aliphatic rings. The fourth-order valence-electron chi connectivity index (χ4n) is 2.34. The molecule has 106 valence electrons. The zero-order valence-corrected chi connectivity index (χ0v) is 12.3.